The Kier molecular flexibility index (Phi) is 6.58. The van der Waals surface area contributed by atoms with Gasteiger partial charge in [-0.3, -0.25) is 14.2 Å². The topological polar surface area (TPSA) is 114 Å². The molecule has 3 aromatic rings. The molecule has 178 valence electrons. The van der Waals surface area contributed by atoms with E-state index in [-0.39, 0.29) is 28.1 Å². The van der Waals surface area contributed by atoms with Crippen LogP contribution in [0, 0.1) is 39.0 Å². The molecule has 2 heterocycles. The normalized spacial score (nSPS) is 11.5. The van der Waals surface area contributed by atoms with Crippen molar-refractivity contribution in [3.05, 3.63) is 78.6 Å². The van der Waals surface area contributed by atoms with Crippen LogP contribution in [0.4, 0.5) is 17.6 Å². The Labute approximate surface area is 190 Å². The van der Waals surface area contributed by atoms with Crippen LogP contribution in [0.5, 0.6) is 11.5 Å². The highest BCUT2D eigenvalue weighted by molar-refractivity contribution is 5.50. The van der Waals surface area contributed by atoms with E-state index in [1.54, 1.807) is 13.8 Å². The van der Waals surface area contributed by atoms with E-state index in [2.05, 4.69) is 15.0 Å². The number of halogens is 4. The van der Waals surface area contributed by atoms with E-state index in [0.717, 1.165) is 4.57 Å². The van der Waals surface area contributed by atoms with Gasteiger partial charge < -0.3 is 9.72 Å². The molecule has 0 spiro atoms. The lowest BCUT2D eigenvalue weighted by Crippen LogP contribution is -2.33. The van der Waals surface area contributed by atoms with Gasteiger partial charge in [-0.2, -0.15) is 14.0 Å². The second-order valence-electron chi connectivity index (χ2n) is 7.64. The molecule has 2 aromatic heterocycles. The molecule has 0 aliphatic rings. The van der Waals surface area contributed by atoms with Crippen molar-refractivity contribution in [1.29, 1.82) is 5.26 Å². The average Bonchev–Trinajstić information content (AvgIpc) is 2.74. The van der Waals surface area contributed by atoms with Crippen molar-refractivity contribution in [2.75, 3.05) is 0 Å². The lowest BCUT2D eigenvalue weighted by atomic mass is 10.1. The third kappa shape index (κ3) is 4.54. The van der Waals surface area contributed by atoms with Gasteiger partial charge in [-0.15, -0.1) is 0 Å². The predicted octanol–water partition coefficient (Wildman–Crippen LogP) is 3.63. The Morgan fingerprint density at radius 3 is 2.47 bits per heavy atom. The number of aromatic amines is 1. The number of H-pyrrole nitrogens is 1. The number of aromatic nitrogens is 4. The molecular weight excluding hydrogens is 458 g/mol. The first-order valence-corrected chi connectivity index (χ1v) is 9.88. The first-order valence-electron chi connectivity index (χ1n) is 9.88. The van der Waals surface area contributed by atoms with Gasteiger partial charge in [-0.1, -0.05) is 0 Å². The minimum absolute atomic E-state index is 0.0484. The fraction of sp³-hybridized carbons (Fsp3) is 0.318. The van der Waals surface area contributed by atoms with Crippen molar-refractivity contribution >= 4 is 0 Å². The van der Waals surface area contributed by atoms with Crippen LogP contribution in [-0.4, -0.2) is 25.9 Å². The summed E-state index contributed by atoms with van der Waals surface area (Å²) in [5.41, 5.74) is -2.14. The van der Waals surface area contributed by atoms with E-state index in [1.807, 2.05) is 6.07 Å². The SMILES string of the molecule is Cc1cc(C#N)c(C)c(Oc2c(C(F)(F)C(F)F)ncn(Cc3c(C)nc(C)[nH]c3=O)c2=O)c1. The van der Waals surface area contributed by atoms with Gasteiger partial charge in [0.25, 0.3) is 11.1 Å². The van der Waals surface area contributed by atoms with Crippen LogP contribution in [0.1, 0.15) is 39.5 Å². The summed E-state index contributed by atoms with van der Waals surface area (Å²) in [4.78, 5) is 35.4. The molecule has 1 N–H and O–H groups in total. The number of hydrogen-bond donors (Lipinski definition) is 1. The predicted molar refractivity (Wildman–Crippen MR) is 113 cm³/mol. The minimum atomic E-state index is -4.80. The highest BCUT2D eigenvalue weighted by atomic mass is 19.3. The van der Waals surface area contributed by atoms with Gasteiger partial charge in [0, 0.05) is 11.3 Å². The molecule has 0 radical (unpaired) electrons. The van der Waals surface area contributed by atoms with Gasteiger partial charge in [0.15, 0.2) is 5.69 Å². The molecule has 0 bridgehead atoms. The van der Waals surface area contributed by atoms with Gasteiger partial charge in [-0.25, -0.2) is 18.7 Å². The molecule has 0 atom stereocenters. The van der Waals surface area contributed by atoms with Crippen LogP contribution in [-0.2, 0) is 12.5 Å². The van der Waals surface area contributed by atoms with Crippen LogP contribution >= 0.6 is 0 Å². The molecule has 0 saturated carbocycles. The zero-order valence-electron chi connectivity index (χ0n) is 18.5. The van der Waals surface area contributed by atoms with E-state index < -0.39 is 41.5 Å². The maximum Gasteiger partial charge on any atom is 0.352 e. The van der Waals surface area contributed by atoms with Crippen molar-refractivity contribution in [3.8, 4) is 17.6 Å². The zero-order chi connectivity index (χ0) is 25.4. The standard InChI is InChI=1S/C22H19F4N5O3/c1-10-5-14(7-27)11(2)16(6-10)34-17-18(22(25,26)21(23)24)28-9-31(20(17)33)8-15-12(3)29-13(4)30-19(15)32/h5-6,9,21H,8H2,1-4H3,(H,29,30,32). The first-order chi connectivity index (χ1) is 15.9. The summed E-state index contributed by atoms with van der Waals surface area (Å²) in [6.45, 7) is 5.70. The summed E-state index contributed by atoms with van der Waals surface area (Å²) < 4.78 is 61.2. The molecule has 0 aliphatic heterocycles. The van der Waals surface area contributed by atoms with Crippen LogP contribution < -0.4 is 15.9 Å². The van der Waals surface area contributed by atoms with E-state index in [0.29, 0.717) is 17.7 Å². The fourth-order valence-corrected chi connectivity index (χ4v) is 3.28. The molecule has 0 aliphatic carbocycles. The highest BCUT2D eigenvalue weighted by Crippen LogP contribution is 2.39. The molecule has 0 saturated heterocycles. The average molecular weight is 477 g/mol. The van der Waals surface area contributed by atoms with E-state index in [1.165, 1.54) is 26.0 Å². The van der Waals surface area contributed by atoms with Crippen LogP contribution in [0.2, 0.25) is 0 Å². The maximum atomic E-state index is 14.3. The van der Waals surface area contributed by atoms with Gasteiger partial charge in [-0.05, 0) is 45.4 Å². The summed E-state index contributed by atoms with van der Waals surface area (Å²) in [6.07, 6.45) is -3.53. The van der Waals surface area contributed by atoms with Crippen molar-refractivity contribution in [1.82, 2.24) is 19.5 Å². The number of alkyl halides is 4. The molecule has 1 aromatic carbocycles. The second kappa shape index (κ2) is 9.09. The Morgan fingerprint density at radius 1 is 1.21 bits per heavy atom. The quantitative estimate of drug-likeness (QED) is 0.543. The molecule has 0 unspecified atom stereocenters. The molecule has 3 rings (SSSR count). The Balaban J connectivity index is 2.23. The van der Waals surface area contributed by atoms with Gasteiger partial charge >= 0.3 is 12.3 Å². The number of rotatable bonds is 6. The largest absolute Gasteiger partial charge is 0.449 e. The Bertz CT molecular complexity index is 1420. The molecule has 0 fully saturated rings. The number of nitrogens with one attached hydrogen (secondary N) is 1. The number of aryl methyl sites for hydroxylation is 3. The van der Waals surface area contributed by atoms with Crippen molar-refractivity contribution in [2.45, 2.75) is 46.6 Å². The van der Waals surface area contributed by atoms with Gasteiger partial charge in [0.05, 0.1) is 30.1 Å². The fourth-order valence-electron chi connectivity index (χ4n) is 3.28. The number of ether oxygens (including phenoxy) is 1. The zero-order valence-corrected chi connectivity index (χ0v) is 18.5. The number of nitriles is 1. The minimum Gasteiger partial charge on any atom is -0.449 e. The monoisotopic (exact) mass is 477 g/mol. The summed E-state index contributed by atoms with van der Waals surface area (Å²) in [6, 6.07) is 4.79. The second-order valence-corrected chi connectivity index (χ2v) is 7.64. The van der Waals surface area contributed by atoms with Crippen LogP contribution in [0.15, 0.2) is 28.0 Å². The molecular formula is C22H19F4N5O3. The summed E-state index contributed by atoms with van der Waals surface area (Å²) in [7, 11) is 0. The molecule has 34 heavy (non-hydrogen) atoms. The van der Waals surface area contributed by atoms with Crippen molar-refractivity contribution in [3.63, 3.8) is 0 Å². The van der Waals surface area contributed by atoms with Gasteiger partial charge in [0.2, 0.25) is 5.75 Å². The third-order valence-corrected chi connectivity index (χ3v) is 5.09. The maximum absolute atomic E-state index is 14.3. The van der Waals surface area contributed by atoms with E-state index >= 15 is 0 Å². The molecule has 12 heteroatoms. The third-order valence-electron chi connectivity index (χ3n) is 5.09. The van der Waals surface area contributed by atoms with E-state index in [4.69, 9.17) is 4.74 Å². The smallest absolute Gasteiger partial charge is 0.352 e. The number of hydrogen-bond acceptors (Lipinski definition) is 6. The summed E-state index contributed by atoms with van der Waals surface area (Å²) in [5.74, 6) is -5.76. The van der Waals surface area contributed by atoms with E-state index in [9.17, 15) is 32.4 Å². The molecule has 0 amide bonds. The lowest BCUT2D eigenvalue weighted by molar-refractivity contribution is -0.139. The summed E-state index contributed by atoms with van der Waals surface area (Å²) in [5, 5.41) is 9.28. The van der Waals surface area contributed by atoms with Crippen LogP contribution in [0.3, 0.4) is 0 Å². The number of benzene rings is 1. The lowest BCUT2D eigenvalue weighted by Gasteiger charge is -2.20. The number of nitrogens with zero attached hydrogens (tertiary/aromatic N) is 4. The highest BCUT2D eigenvalue weighted by Gasteiger charge is 2.48. The van der Waals surface area contributed by atoms with Crippen molar-refractivity contribution < 1.29 is 22.3 Å². The Hall–Kier alpha value is -4.01. The summed E-state index contributed by atoms with van der Waals surface area (Å²) >= 11 is 0. The first kappa shape index (κ1) is 24.6. The van der Waals surface area contributed by atoms with Crippen LogP contribution in [0.25, 0.3) is 0 Å². The van der Waals surface area contributed by atoms with Gasteiger partial charge in [0.1, 0.15) is 11.6 Å². The van der Waals surface area contributed by atoms with Crippen molar-refractivity contribution in [2.24, 2.45) is 0 Å². The Morgan fingerprint density at radius 2 is 1.88 bits per heavy atom. The molecule has 8 nitrogen and oxygen atoms in total.